The summed E-state index contributed by atoms with van der Waals surface area (Å²) in [4.78, 5) is 12.1. The zero-order valence-corrected chi connectivity index (χ0v) is 8.61. The number of hydrogen-bond donors (Lipinski definition) is 3. The summed E-state index contributed by atoms with van der Waals surface area (Å²) in [6.45, 7) is -0.252. The van der Waals surface area contributed by atoms with E-state index in [4.69, 9.17) is 22.4 Å². The van der Waals surface area contributed by atoms with Gasteiger partial charge in [0.05, 0.1) is 18.8 Å². The summed E-state index contributed by atoms with van der Waals surface area (Å²) >= 11 is 5.71. The summed E-state index contributed by atoms with van der Waals surface area (Å²) in [5.74, 6) is -0.119. The molecule has 82 valence electrons. The van der Waals surface area contributed by atoms with E-state index in [0.29, 0.717) is 5.02 Å². The first-order chi connectivity index (χ1) is 7.06. The number of primary amides is 1. The van der Waals surface area contributed by atoms with Crippen LogP contribution in [0.5, 0.6) is 5.75 Å². The van der Waals surface area contributed by atoms with E-state index in [1.54, 1.807) is 0 Å². The molecule has 0 saturated heterocycles. The van der Waals surface area contributed by atoms with Crippen molar-refractivity contribution in [2.24, 2.45) is 5.73 Å². The SMILES string of the molecule is NC(=O)N(CCO)c1cc(Cl)ccc1O. The second-order valence-corrected chi connectivity index (χ2v) is 3.28. The molecule has 15 heavy (non-hydrogen) atoms. The van der Waals surface area contributed by atoms with Crippen LogP contribution in [-0.2, 0) is 0 Å². The fourth-order valence-electron chi connectivity index (χ4n) is 1.16. The fraction of sp³-hybridized carbons (Fsp3) is 0.222. The van der Waals surface area contributed by atoms with Gasteiger partial charge in [0, 0.05) is 5.02 Å². The van der Waals surface area contributed by atoms with Crippen LogP contribution in [0.4, 0.5) is 10.5 Å². The smallest absolute Gasteiger partial charge is 0.319 e. The maximum Gasteiger partial charge on any atom is 0.319 e. The Bertz CT molecular complexity index is 370. The van der Waals surface area contributed by atoms with Crippen LogP contribution in [-0.4, -0.2) is 29.4 Å². The number of aliphatic hydroxyl groups excluding tert-OH is 1. The van der Waals surface area contributed by atoms with Gasteiger partial charge in [-0.15, -0.1) is 0 Å². The molecule has 0 fully saturated rings. The molecule has 5 nitrogen and oxygen atoms in total. The molecule has 0 saturated carbocycles. The van der Waals surface area contributed by atoms with E-state index < -0.39 is 6.03 Å². The van der Waals surface area contributed by atoms with Crippen molar-refractivity contribution >= 4 is 23.3 Å². The molecule has 4 N–H and O–H groups in total. The molecule has 0 radical (unpaired) electrons. The fourth-order valence-corrected chi connectivity index (χ4v) is 1.33. The van der Waals surface area contributed by atoms with Gasteiger partial charge in [0.1, 0.15) is 5.75 Å². The van der Waals surface area contributed by atoms with E-state index in [0.717, 1.165) is 4.90 Å². The highest BCUT2D eigenvalue weighted by Gasteiger charge is 2.15. The van der Waals surface area contributed by atoms with Crippen LogP contribution in [0.2, 0.25) is 5.02 Å². The van der Waals surface area contributed by atoms with E-state index in [-0.39, 0.29) is 24.6 Å². The molecule has 1 aromatic carbocycles. The second-order valence-electron chi connectivity index (χ2n) is 2.85. The summed E-state index contributed by atoms with van der Waals surface area (Å²) in [5, 5.41) is 18.6. The molecule has 0 heterocycles. The number of phenols is 1. The van der Waals surface area contributed by atoms with Crippen molar-refractivity contribution in [3.63, 3.8) is 0 Å². The van der Waals surface area contributed by atoms with Crippen molar-refractivity contribution in [1.82, 2.24) is 0 Å². The Morgan fingerprint density at radius 2 is 2.20 bits per heavy atom. The van der Waals surface area contributed by atoms with Crippen molar-refractivity contribution in [3.05, 3.63) is 23.2 Å². The van der Waals surface area contributed by atoms with E-state index >= 15 is 0 Å². The van der Waals surface area contributed by atoms with Gasteiger partial charge in [0.15, 0.2) is 0 Å². The van der Waals surface area contributed by atoms with E-state index in [1.165, 1.54) is 18.2 Å². The first kappa shape index (κ1) is 11.6. The van der Waals surface area contributed by atoms with Crippen LogP contribution in [0.1, 0.15) is 0 Å². The molecule has 0 spiro atoms. The number of rotatable bonds is 3. The predicted octanol–water partition coefficient (Wildman–Crippen LogP) is 0.923. The standard InChI is InChI=1S/C9H11ClN2O3/c10-6-1-2-8(14)7(5-6)12(3-4-13)9(11)15/h1-2,5,13-14H,3-4H2,(H2,11,15). The second kappa shape index (κ2) is 4.86. The average Bonchev–Trinajstić information content (AvgIpc) is 2.18. The zero-order chi connectivity index (χ0) is 11.4. The molecular weight excluding hydrogens is 220 g/mol. The number of urea groups is 1. The van der Waals surface area contributed by atoms with E-state index in [2.05, 4.69) is 0 Å². The van der Waals surface area contributed by atoms with Crippen LogP contribution in [0, 0.1) is 0 Å². The molecule has 0 aliphatic rings. The number of carbonyl (C=O) groups is 1. The van der Waals surface area contributed by atoms with Crippen LogP contribution in [0.25, 0.3) is 0 Å². The third-order valence-electron chi connectivity index (χ3n) is 1.82. The molecule has 0 aromatic heterocycles. The third kappa shape index (κ3) is 2.74. The molecule has 0 unspecified atom stereocenters. The number of anilines is 1. The van der Waals surface area contributed by atoms with E-state index in [9.17, 15) is 9.90 Å². The highest BCUT2D eigenvalue weighted by atomic mass is 35.5. The summed E-state index contributed by atoms with van der Waals surface area (Å²) < 4.78 is 0. The topological polar surface area (TPSA) is 86.8 Å². The van der Waals surface area contributed by atoms with Gasteiger partial charge in [-0.2, -0.15) is 0 Å². The Kier molecular flexibility index (Phi) is 3.76. The van der Waals surface area contributed by atoms with Gasteiger partial charge in [-0.1, -0.05) is 11.6 Å². The number of aliphatic hydroxyl groups is 1. The Labute approximate surface area is 91.7 Å². The largest absolute Gasteiger partial charge is 0.506 e. The summed E-state index contributed by atoms with van der Waals surface area (Å²) in [6.07, 6.45) is 0. The minimum atomic E-state index is -0.762. The van der Waals surface area contributed by atoms with Gasteiger partial charge in [-0.3, -0.25) is 4.90 Å². The first-order valence-corrected chi connectivity index (χ1v) is 4.60. The van der Waals surface area contributed by atoms with E-state index in [1.807, 2.05) is 0 Å². The third-order valence-corrected chi connectivity index (χ3v) is 2.05. The number of nitrogens with zero attached hydrogens (tertiary/aromatic N) is 1. The number of amides is 2. The molecule has 6 heteroatoms. The minimum absolute atomic E-state index is 0.00321. The van der Waals surface area contributed by atoms with Crippen molar-refractivity contribution in [2.45, 2.75) is 0 Å². The number of aromatic hydroxyl groups is 1. The van der Waals surface area contributed by atoms with Crippen molar-refractivity contribution < 1.29 is 15.0 Å². The van der Waals surface area contributed by atoms with Gasteiger partial charge in [-0.05, 0) is 18.2 Å². The van der Waals surface area contributed by atoms with Crippen molar-refractivity contribution in [1.29, 1.82) is 0 Å². The number of halogens is 1. The van der Waals surface area contributed by atoms with Crippen LogP contribution < -0.4 is 10.6 Å². The lowest BCUT2D eigenvalue weighted by Crippen LogP contribution is -2.37. The number of phenolic OH excluding ortho intramolecular Hbond substituents is 1. The Hall–Kier alpha value is -1.46. The number of hydrogen-bond acceptors (Lipinski definition) is 3. The van der Waals surface area contributed by atoms with Gasteiger partial charge in [0.25, 0.3) is 0 Å². The van der Waals surface area contributed by atoms with Crippen molar-refractivity contribution in [3.8, 4) is 5.75 Å². The maximum atomic E-state index is 11.0. The molecule has 0 bridgehead atoms. The van der Waals surface area contributed by atoms with Crippen molar-refractivity contribution in [2.75, 3.05) is 18.1 Å². The van der Waals surface area contributed by atoms with Gasteiger partial charge in [0.2, 0.25) is 0 Å². The zero-order valence-electron chi connectivity index (χ0n) is 7.85. The van der Waals surface area contributed by atoms with Crippen LogP contribution in [0.15, 0.2) is 18.2 Å². The summed E-state index contributed by atoms with van der Waals surface area (Å²) in [5.41, 5.74) is 5.28. The lowest BCUT2D eigenvalue weighted by Gasteiger charge is -2.20. The lowest BCUT2D eigenvalue weighted by atomic mass is 10.2. The Balaban J connectivity index is 3.09. The number of carbonyl (C=O) groups excluding carboxylic acids is 1. The Morgan fingerprint density at radius 3 is 2.73 bits per heavy atom. The van der Waals surface area contributed by atoms with Crippen LogP contribution >= 0.6 is 11.6 Å². The highest BCUT2D eigenvalue weighted by molar-refractivity contribution is 6.31. The minimum Gasteiger partial charge on any atom is -0.506 e. The average molecular weight is 231 g/mol. The normalized spacial score (nSPS) is 10.0. The summed E-state index contributed by atoms with van der Waals surface area (Å²) in [6, 6.07) is 3.47. The van der Waals surface area contributed by atoms with Gasteiger partial charge in [-0.25, -0.2) is 4.79 Å². The Morgan fingerprint density at radius 1 is 1.53 bits per heavy atom. The molecule has 0 atom stereocenters. The highest BCUT2D eigenvalue weighted by Crippen LogP contribution is 2.29. The molecule has 0 aliphatic heterocycles. The monoisotopic (exact) mass is 230 g/mol. The quantitative estimate of drug-likeness (QED) is 0.722. The van der Waals surface area contributed by atoms with Gasteiger partial charge >= 0.3 is 6.03 Å². The molecule has 0 aliphatic carbocycles. The number of nitrogens with two attached hydrogens (primary N) is 1. The molecule has 1 aromatic rings. The first-order valence-electron chi connectivity index (χ1n) is 4.22. The molecular formula is C9H11ClN2O3. The number of benzene rings is 1. The summed E-state index contributed by atoms with van der Waals surface area (Å²) in [7, 11) is 0. The molecule has 1 rings (SSSR count). The predicted molar refractivity (Wildman–Crippen MR) is 57.1 cm³/mol. The lowest BCUT2D eigenvalue weighted by molar-refractivity contribution is 0.249. The molecule has 2 amide bonds. The van der Waals surface area contributed by atoms with Crippen LogP contribution in [0.3, 0.4) is 0 Å². The maximum absolute atomic E-state index is 11.0. The van der Waals surface area contributed by atoms with Gasteiger partial charge < -0.3 is 15.9 Å².